The van der Waals surface area contributed by atoms with Gasteiger partial charge in [0, 0.05) is 18.0 Å². The fourth-order valence-electron chi connectivity index (χ4n) is 1.48. The third-order valence-electron chi connectivity index (χ3n) is 2.37. The Morgan fingerprint density at radius 2 is 1.94 bits per heavy atom. The molecule has 1 aromatic carbocycles. The lowest BCUT2D eigenvalue weighted by atomic mass is 10.1. The van der Waals surface area contributed by atoms with Crippen molar-refractivity contribution in [1.82, 2.24) is 4.90 Å². The van der Waals surface area contributed by atoms with Crippen molar-refractivity contribution in [2.45, 2.75) is 12.3 Å². The van der Waals surface area contributed by atoms with E-state index in [9.17, 15) is 13.6 Å². The molecule has 1 N–H and O–H groups in total. The Labute approximate surface area is 109 Å². The molecule has 1 aromatic rings. The van der Waals surface area contributed by atoms with Gasteiger partial charge >= 0.3 is 0 Å². The summed E-state index contributed by atoms with van der Waals surface area (Å²) in [6.07, 6.45) is -2.62. The Hall–Kier alpha value is -1.20. The van der Waals surface area contributed by atoms with E-state index in [4.69, 9.17) is 16.7 Å². The number of amides is 1. The van der Waals surface area contributed by atoms with Gasteiger partial charge in [0.1, 0.15) is 0 Å². The molecule has 0 saturated heterocycles. The number of halogens is 3. The third kappa shape index (κ3) is 4.23. The van der Waals surface area contributed by atoms with E-state index in [-0.39, 0.29) is 13.2 Å². The summed E-state index contributed by atoms with van der Waals surface area (Å²) in [4.78, 5) is 12.8. The molecule has 3 nitrogen and oxygen atoms in total. The minimum Gasteiger partial charge on any atom is -0.395 e. The molecule has 0 fully saturated rings. The van der Waals surface area contributed by atoms with Gasteiger partial charge in [0.25, 0.3) is 12.3 Å². The van der Waals surface area contributed by atoms with Gasteiger partial charge in [0.05, 0.1) is 13.2 Å². The largest absolute Gasteiger partial charge is 0.395 e. The molecule has 0 unspecified atom stereocenters. The molecule has 0 atom stereocenters. The number of benzene rings is 1. The van der Waals surface area contributed by atoms with Gasteiger partial charge in [0.2, 0.25) is 0 Å². The van der Waals surface area contributed by atoms with Crippen LogP contribution in [0.15, 0.2) is 24.3 Å². The van der Waals surface area contributed by atoms with Crippen molar-refractivity contribution in [1.29, 1.82) is 0 Å². The summed E-state index contributed by atoms with van der Waals surface area (Å²) in [5, 5.41) is 8.77. The molecule has 0 spiro atoms. The highest BCUT2D eigenvalue weighted by molar-refractivity contribution is 6.17. The second-order valence-electron chi connectivity index (χ2n) is 3.70. The van der Waals surface area contributed by atoms with E-state index >= 15 is 0 Å². The predicted octanol–water partition coefficient (Wildman–Crippen LogP) is 2.12. The van der Waals surface area contributed by atoms with E-state index in [0.717, 1.165) is 10.5 Å². The zero-order valence-electron chi connectivity index (χ0n) is 9.65. The molecule has 0 saturated carbocycles. The van der Waals surface area contributed by atoms with Crippen molar-refractivity contribution >= 4 is 17.5 Å². The SMILES string of the molecule is O=C(c1ccc(CCl)cc1)N(CCO)CC(F)F. The number of aliphatic hydroxyl groups is 1. The van der Waals surface area contributed by atoms with E-state index in [2.05, 4.69) is 0 Å². The van der Waals surface area contributed by atoms with Gasteiger partial charge in [-0.15, -0.1) is 11.6 Å². The second kappa shape index (κ2) is 7.28. The first-order valence-corrected chi connectivity index (χ1v) is 5.95. The number of carbonyl (C=O) groups is 1. The van der Waals surface area contributed by atoms with Crippen molar-refractivity contribution in [3.8, 4) is 0 Å². The van der Waals surface area contributed by atoms with E-state index < -0.39 is 18.9 Å². The summed E-state index contributed by atoms with van der Waals surface area (Å²) < 4.78 is 24.6. The predicted molar refractivity (Wildman–Crippen MR) is 65.0 cm³/mol. The molecule has 0 aliphatic carbocycles. The van der Waals surface area contributed by atoms with Crippen LogP contribution in [0, 0.1) is 0 Å². The van der Waals surface area contributed by atoms with Gasteiger partial charge in [-0.1, -0.05) is 12.1 Å². The summed E-state index contributed by atoms with van der Waals surface area (Å²) in [7, 11) is 0. The topological polar surface area (TPSA) is 40.5 Å². The minimum atomic E-state index is -2.62. The first-order chi connectivity index (χ1) is 8.58. The maximum atomic E-state index is 12.3. The van der Waals surface area contributed by atoms with Crippen LogP contribution in [0.25, 0.3) is 0 Å². The van der Waals surface area contributed by atoms with Crippen LogP contribution in [0.3, 0.4) is 0 Å². The van der Waals surface area contributed by atoms with Crippen LogP contribution in [0.4, 0.5) is 8.78 Å². The summed E-state index contributed by atoms with van der Waals surface area (Å²) in [5.74, 6) is -0.197. The molecule has 0 radical (unpaired) electrons. The summed E-state index contributed by atoms with van der Waals surface area (Å²) >= 11 is 5.61. The molecule has 0 aliphatic rings. The van der Waals surface area contributed by atoms with Crippen LogP contribution >= 0.6 is 11.6 Å². The number of nitrogens with zero attached hydrogens (tertiary/aromatic N) is 1. The number of rotatable bonds is 6. The van der Waals surface area contributed by atoms with E-state index in [1.54, 1.807) is 12.1 Å². The van der Waals surface area contributed by atoms with E-state index in [1.165, 1.54) is 12.1 Å². The fourth-order valence-corrected chi connectivity index (χ4v) is 1.66. The standard InChI is InChI=1S/C12H14ClF2NO2/c13-7-9-1-3-10(4-2-9)12(18)16(5-6-17)8-11(14)15/h1-4,11,17H,5-8H2. The zero-order valence-corrected chi connectivity index (χ0v) is 10.4. The van der Waals surface area contributed by atoms with Crippen molar-refractivity contribution in [2.24, 2.45) is 0 Å². The van der Waals surface area contributed by atoms with Gasteiger partial charge in [-0.25, -0.2) is 8.78 Å². The molecule has 1 amide bonds. The van der Waals surface area contributed by atoms with Crippen LogP contribution in [0.5, 0.6) is 0 Å². The number of hydrogen-bond acceptors (Lipinski definition) is 2. The highest BCUT2D eigenvalue weighted by atomic mass is 35.5. The summed E-state index contributed by atoms with van der Waals surface area (Å²) in [5.41, 5.74) is 1.15. The Morgan fingerprint density at radius 1 is 1.33 bits per heavy atom. The van der Waals surface area contributed by atoms with Gasteiger partial charge in [0.15, 0.2) is 0 Å². The Kier molecular flexibility index (Phi) is 6.01. The van der Waals surface area contributed by atoms with Crippen LogP contribution < -0.4 is 0 Å². The number of alkyl halides is 3. The van der Waals surface area contributed by atoms with Crippen molar-refractivity contribution < 1.29 is 18.7 Å². The lowest BCUT2D eigenvalue weighted by molar-refractivity contribution is 0.0509. The molecular weight excluding hydrogens is 264 g/mol. The van der Waals surface area contributed by atoms with Gasteiger partial charge < -0.3 is 10.0 Å². The second-order valence-corrected chi connectivity index (χ2v) is 3.96. The van der Waals surface area contributed by atoms with Crippen LogP contribution in [0.2, 0.25) is 0 Å². The Morgan fingerprint density at radius 3 is 2.39 bits per heavy atom. The van der Waals surface area contributed by atoms with Crippen molar-refractivity contribution in [3.63, 3.8) is 0 Å². The third-order valence-corrected chi connectivity index (χ3v) is 2.68. The minimum absolute atomic E-state index is 0.111. The lowest BCUT2D eigenvalue weighted by Gasteiger charge is -2.21. The zero-order chi connectivity index (χ0) is 13.5. The number of aliphatic hydroxyl groups excluding tert-OH is 1. The molecule has 18 heavy (non-hydrogen) atoms. The molecule has 0 bridgehead atoms. The van der Waals surface area contributed by atoms with Crippen LogP contribution in [-0.4, -0.2) is 42.0 Å². The monoisotopic (exact) mass is 277 g/mol. The lowest BCUT2D eigenvalue weighted by Crippen LogP contribution is -2.37. The summed E-state index contributed by atoms with van der Waals surface area (Å²) in [6, 6.07) is 6.41. The Bertz CT molecular complexity index is 384. The quantitative estimate of drug-likeness (QED) is 0.809. The smallest absolute Gasteiger partial charge is 0.255 e. The first kappa shape index (κ1) is 14.9. The average Bonchev–Trinajstić information content (AvgIpc) is 2.37. The van der Waals surface area contributed by atoms with Crippen LogP contribution in [-0.2, 0) is 5.88 Å². The molecular formula is C12H14ClF2NO2. The Balaban J connectivity index is 2.80. The van der Waals surface area contributed by atoms with E-state index in [0.29, 0.717) is 11.4 Å². The normalized spacial score (nSPS) is 10.7. The van der Waals surface area contributed by atoms with Gasteiger partial charge in [-0.3, -0.25) is 4.79 Å². The van der Waals surface area contributed by atoms with Crippen molar-refractivity contribution in [3.05, 3.63) is 35.4 Å². The average molecular weight is 278 g/mol. The van der Waals surface area contributed by atoms with Gasteiger partial charge in [-0.05, 0) is 17.7 Å². The molecule has 0 heterocycles. The fraction of sp³-hybridized carbons (Fsp3) is 0.417. The molecule has 100 valence electrons. The van der Waals surface area contributed by atoms with Crippen LogP contribution in [0.1, 0.15) is 15.9 Å². The van der Waals surface area contributed by atoms with Gasteiger partial charge in [-0.2, -0.15) is 0 Å². The maximum absolute atomic E-state index is 12.3. The van der Waals surface area contributed by atoms with E-state index in [1.807, 2.05) is 0 Å². The number of hydrogen-bond donors (Lipinski definition) is 1. The highest BCUT2D eigenvalue weighted by Gasteiger charge is 2.19. The first-order valence-electron chi connectivity index (χ1n) is 5.41. The molecule has 1 rings (SSSR count). The van der Waals surface area contributed by atoms with Crippen molar-refractivity contribution in [2.75, 3.05) is 19.7 Å². The summed E-state index contributed by atoms with van der Waals surface area (Å²) in [6.45, 7) is -1.14. The molecule has 6 heteroatoms. The molecule has 0 aliphatic heterocycles. The molecule has 0 aromatic heterocycles. The maximum Gasteiger partial charge on any atom is 0.255 e. The highest BCUT2D eigenvalue weighted by Crippen LogP contribution is 2.10. The number of carbonyl (C=O) groups excluding carboxylic acids is 1.